The summed E-state index contributed by atoms with van der Waals surface area (Å²) in [4.78, 5) is 54.3. The Balaban J connectivity index is 5.56. The minimum atomic E-state index is -1.20. The molecule has 12 nitrogen and oxygen atoms in total. The molecule has 0 aromatic heterocycles. The first-order chi connectivity index (χ1) is 16.3. The number of carbonyl (C=O) groups is 4. The summed E-state index contributed by atoms with van der Waals surface area (Å²) in [5, 5.41) is 17.5. The second-order valence-corrected chi connectivity index (χ2v) is 9.36. The fraction of sp³-hybridized carbons (Fsp3) is 0.783. The fourth-order valence-corrected chi connectivity index (χ4v) is 3.22. The lowest BCUT2D eigenvalue weighted by atomic mass is 9.94. The number of hydrogen-bond donors (Lipinski definition) is 7. The minimum Gasteiger partial charge on any atom is -0.480 e. The summed E-state index contributed by atoms with van der Waals surface area (Å²) >= 11 is 0. The van der Waals surface area contributed by atoms with Crippen molar-refractivity contribution < 1.29 is 24.3 Å². The Kier molecular flexibility index (Phi) is 14.6. The third-order valence-electron chi connectivity index (χ3n) is 6.17. The molecular formula is C23H45N7O5. The number of rotatable bonds is 16. The lowest BCUT2D eigenvalue weighted by Gasteiger charge is -2.30. The van der Waals surface area contributed by atoms with Crippen LogP contribution in [0, 0.1) is 17.8 Å². The molecule has 0 fully saturated rings. The topological polar surface area (TPSA) is 215 Å². The van der Waals surface area contributed by atoms with Gasteiger partial charge in [-0.3, -0.25) is 19.4 Å². The van der Waals surface area contributed by atoms with Crippen LogP contribution in [0.4, 0.5) is 0 Å². The lowest BCUT2D eigenvalue weighted by molar-refractivity contribution is -0.143. The molecule has 0 rings (SSSR count). The first kappa shape index (κ1) is 32.1. The van der Waals surface area contributed by atoms with Gasteiger partial charge in [0.15, 0.2) is 5.96 Å². The van der Waals surface area contributed by atoms with E-state index < -0.39 is 47.9 Å². The van der Waals surface area contributed by atoms with Gasteiger partial charge in [-0.2, -0.15) is 0 Å². The maximum absolute atomic E-state index is 13.2. The van der Waals surface area contributed by atoms with Gasteiger partial charge in [0.2, 0.25) is 17.7 Å². The quantitative estimate of drug-likeness (QED) is 0.0844. The molecule has 0 aliphatic carbocycles. The highest BCUT2D eigenvalue weighted by molar-refractivity contribution is 5.94. The number of nitrogens with two attached hydrogens (primary N) is 3. The van der Waals surface area contributed by atoms with Crippen molar-refractivity contribution in [3.63, 3.8) is 0 Å². The number of carboxylic acids is 1. The van der Waals surface area contributed by atoms with E-state index in [9.17, 15) is 24.3 Å². The molecule has 0 spiro atoms. The lowest BCUT2D eigenvalue weighted by Crippen LogP contribution is -2.60. The Morgan fingerprint density at radius 1 is 0.829 bits per heavy atom. The molecule has 12 heteroatoms. The van der Waals surface area contributed by atoms with Crippen molar-refractivity contribution in [2.75, 3.05) is 6.54 Å². The number of carbonyl (C=O) groups excluding carboxylic acids is 3. The zero-order valence-electron chi connectivity index (χ0n) is 21.8. The summed E-state index contributed by atoms with van der Waals surface area (Å²) in [7, 11) is 0. The van der Waals surface area contributed by atoms with E-state index in [1.165, 1.54) is 0 Å². The molecule has 202 valence electrons. The highest BCUT2D eigenvalue weighted by atomic mass is 16.4. The molecule has 35 heavy (non-hydrogen) atoms. The Labute approximate surface area is 208 Å². The van der Waals surface area contributed by atoms with Crippen LogP contribution in [-0.2, 0) is 19.2 Å². The number of aliphatic carboxylic acids is 1. The van der Waals surface area contributed by atoms with Crippen LogP contribution in [0.15, 0.2) is 4.99 Å². The predicted octanol–water partition coefficient (Wildman–Crippen LogP) is -0.345. The third-order valence-corrected chi connectivity index (χ3v) is 6.17. The van der Waals surface area contributed by atoms with E-state index in [2.05, 4.69) is 20.9 Å². The molecule has 6 atom stereocenters. The predicted molar refractivity (Wildman–Crippen MR) is 135 cm³/mol. The Morgan fingerprint density at radius 3 is 1.69 bits per heavy atom. The molecule has 0 saturated heterocycles. The largest absolute Gasteiger partial charge is 0.480 e. The molecule has 0 aromatic rings. The maximum atomic E-state index is 13.2. The molecular weight excluding hydrogens is 454 g/mol. The first-order valence-electron chi connectivity index (χ1n) is 12.2. The van der Waals surface area contributed by atoms with Crippen LogP contribution < -0.4 is 33.2 Å². The van der Waals surface area contributed by atoms with Gasteiger partial charge in [-0.25, -0.2) is 4.79 Å². The van der Waals surface area contributed by atoms with E-state index in [0.717, 1.165) is 0 Å². The van der Waals surface area contributed by atoms with E-state index in [1.54, 1.807) is 6.92 Å². The van der Waals surface area contributed by atoms with E-state index in [-0.39, 0.29) is 36.7 Å². The van der Waals surface area contributed by atoms with Crippen molar-refractivity contribution >= 4 is 29.7 Å². The number of carboxylic acid groups (broad SMARTS) is 1. The summed E-state index contributed by atoms with van der Waals surface area (Å²) in [5.41, 5.74) is 16.5. The van der Waals surface area contributed by atoms with E-state index in [1.807, 2.05) is 34.6 Å². The molecule has 3 amide bonds. The van der Waals surface area contributed by atoms with Gasteiger partial charge in [0.05, 0.1) is 6.04 Å². The average molecular weight is 500 g/mol. The molecule has 0 aliphatic heterocycles. The molecule has 0 heterocycles. The average Bonchev–Trinajstić information content (AvgIpc) is 2.80. The highest BCUT2D eigenvalue weighted by Gasteiger charge is 2.34. The number of amides is 3. The van der Waals surface area contributed by atoms with Gasteiger partial charge in [-0.1, -0.05) is 54.4 Å². The van der Waals surface area contributed by atoms with Crippen LogP contribution >= 0.6 is 0 Å². The highest BCUT2D eigenvalue weighted by Crippen LogP contribution is 2.13. The van der Waals surface area contributed by atoms with Crippen molar-refractivity contribution in [1.82, 2.24) is 16.0 Å². The summed E-state index contributed by atoms with van der Waals surface area (Å²) in [5.74, 6) is -3.52. The molecule has 6 unspecified atom stereocenters. The molecule has 10 N–H and O–H groups in total. The Bertz CT molecular complexity index is 740. The second-order valence-electron chi connectivity index (χ2n) is 9.36. The van der Waals surface area contributed by atoms with Gasteiger partial charge in [0, 0.05) is 6.54 Å². The smallest absolute Gasteiger partial charge is 0.326 e. The van der Waals surface area contributed by atoms with Crippen LogP contribution in [0.25, 0.3) is 0 Å². The van der Waals surface area contributed by atoms with Crippen molar-refractivity contribution in [3.8, 4) is 0 Å². The second kappa shape index (κ2) is 15.9. The van der Waals surface area contributed by atoms with E-state index in [0.29, 0.717) is 19.3 Å². The van der Waals surface area contributed by atoms with Crippen LogP contribution in [-0.4, -0.2) is 65.5 Å². The monoisotopic (exact) mass is 499 g/mol. The molecule has 0 radical (unpaired) electrons. The molecule has 0 aliphatic rings. The van der Waals surface area contributed by atoms with Gasteiger partial charge in [-0.15, -0.1) is 0 Å². The number of aliphatic imine (C=N–C) groups is 1. The van der Waals surface area contributed by atoms with Crippen LogP contribution in [0.2, 0.25) is 0 Å². The fourth-order valence-electron chi connectivity index (χ4n) is 3.22. The van der Waals surface area contributed by atoms with Gasteiger partial charge in [0.1, 0.15) is 18.1 Å². The number of guanidine groups is 1. The van der Waals surface area contributed by atoms with Gasteiger partial charge >= 0.3 is 5.97 Å². The number of nitrogens with zero attached hydrogens (tertiary/aromatic N) is 1. The first-order valence-corrected chi connectivity index (χ1v) is 12.2. The number of hydrogen-bond acceptors (Lipinski definition) is 6. The molecule has 0 bridgehead atoms. The van der Waals surface area contributed by atoms with Gasteiger partial charge < -0.3 is 38.3 Å². The van der Waals surface area contributed by atoms with E-state index in [4.69, 9.17) is 17.2 Å². The van der Waals surface area contributed by atoms with Crippen molar-refractivity contribution in [2.45, 2.75) is 91.4 Å². The zero-order valence-corrected chi connectivity index (χ0v) is 21.8. The van der Waals surface area contributed by atoms with Crippen LogP contribution in [0.5, 0.6) is 0 Å². The van der Waals surface area contributed by atoms with Crippen LogP contribution in [0.3, 0.4) is 0 Å². The minimum absolute atomic E-state index is 0.0993. The summed E-state index contributed by atoms with van der Waals surface area (Å²) < 4.78 is 0. The summed E-state index contributed by atoms with van der Waals surface area (Å²) in [6.45, 7) is 11.2. The standard InChI is InChI=1S/C23H45N7O5/c1-7-13(5)17(20(32)28-15(22(34)35)10-9-11-27-23(25)26)30-21(33)18(14(6)8-2)29-19(31)16(24)12(3)4/h12-18H,7-11,24H2,1-6H3,(H,28,32)(H,29,31)(H,30,33)(H,34,35)(H4,25,26,27). The van der Waals surface area contributed by atoms with Crippen molar-refractivity contribution in [3.05, 3.63) is 0 Å². The zero-order chi connectivity index (χ0) is 27.3. The van der Waals surface area contributed by atoms with E-state index >= 15 is 0 Å². The normalized spacial score (nSPS) is 16.2. The van der Waals surface area contributed by atoms with Crippen LogP contribution in [0.1, 0.15) is 67.2 Å². The SMILES string of the molecule is CCC(C)C(NC(=O)C(N)C(C)C)C(=O)NC(C(=O)NC(CCCN=C(N)N)C(=O)O)C(C)CC. The van der Waals surface area contributed by atoms with Crippen molar-refractivity contribution in [1.29, 1.82) is 0 Å². The Morgan fingerprint density at radius 2 is 1.29 bits per heavy atom. The van der Waals surface area contributed by atoms with Crippen molar-refractivity contribution in [2.24, 2.45) is 39.9 Å². The summed E-state index contributed by atoms with van der Waals surface area (Å²) in [6, 6.07) is -3.84. The maximum Gasteiger partial charge on any atom is 0.326 e. The molecule has 0 aromatic carbocycles. The Hall–Kier alpha value is -2.89. The summed E-state index contributed by atoms with van der Waals surface area (Å²) in [6.07, 6.45) is 1.61. The third kappa shape index (κ3) is 11.4. The number of nitrogens with one attached hydrogen (secondary N) is 3. The molecule has 0 saturated carbocycles. The van der Waals surface area contributed by atoms with Gasteiger partial charge in [0.25, 0.3) is 0 Å². The van der Waals surface area contributed by atoms with Gasteiger partial charge in [-0.05, 0) is 30.6 Å².